The molecular weight excluding hydrogens is 204 g/mol. The Bertz CT molecular complexity index is 338. The van der Waals surface area contributed by atoms with Gasteiger partial charge in [0.15, 0.2) is 0 Å². The maximum Gasteiger partial charge on any atom is 0.318 e. The Morgan fingerprint density at radius 1 is 1.38 bits per heavy atom. The van der Waals surface area contributed by atoms with E-state index in [0.717, 1.165) is 19.0 Å². The van der Waals surface area contributed by atoms with Gasteiger partial charge >= 0.3 is 6.01 Å². The highest BCUT2D eigenvalue weighted by molar-refractivity contribution is 5.25. The highest BCUT2D eigenvalue weighted by Crippen LogP contribution is 2.25. The first-order valence-corrected chi connectivity index (χ1v) is 5.92. The second kappa shape index (κ2) is 4.82. The molecule has 0 radical (unpaired) electrons. The fraction of sp³-hybridized carbons (Fsp3) is 0.818. The summed E-state index contributed by atoms with van der Waals surface area (Å²) in [5.41, 5.74) is 0. The Hall–Kier alpha value is -1.10. The fourth-order valence-electron chi connectivity index (χ4n) is 2.03. The summed E-state index contributed by atoms with van der Waals surface area (Å²) in [4.78, 5) is 2.19. The van der Waals surface area contributed by atoms with Gasteiger partial charge in [0.05, 0.1) is 6.54 Å². The van der Waals surface area contributed by atoms with Crippen LogP contribution in [0.3, 0.4) is 0 Å². The lowest BCUT2D eigenvalue weighted by atomic mass is 9.89. The summed E-state index contributed by atoms with van der Waals surface area (Å²) in [6.45, 7) is 7.26. The van der Waals surface area contributed by atoms with Crippen molar-refractivity contribution in [1.82, 2.24) is 15.5 Å². The minimum absolute atomic E-state index is 0.632. The summed E-state index contributed by atoms with van der Waals surface area (Å²) < 4.78 is 5.59. The molecule has 1 aromatic heterocycles. The van der Waals surface area contributed by atoms with Crippen molar-refractivity contribution < 1.29 is 4.42 Å². The Balaban J connectivity index is 2.01. The van der Waals surface area contributed by atoms with Gasteiger partial charge < -0.3 is 14.6 Å². The van der Waals surface area contributed by atoms with E-state index in [1.54, 1.807) is 0 Å². The molecule has 1 fully saturated rings. The summed E-state index contributed by atoms with van der Waals surface area (Å²) in [5, 5.41) is 11.1. The summed E-state index contributed by atoms with van der Waals surface area (Å²) in [6.07, 6.45) is 1.20. The molecule has 0 spiro atoms. The van der Waals surface area contributed by atoms with Gasteiger partial charge in [0, 0.05) is 13.1 Å². The number of nitrogens with zero attached hydrogens (tertiary/aromatic N) is 3. The van der Waals surface area contributed by atoms with Gasteiger partial charge in [0.1, 0.15) is 0 Å². The number of aromatic nitrogens is 2. The quantitative estimate of drug-likeness (QED) is 0.838. The predicted octanol–water partition coefficient (Wildman–Crippen LogP) is 1.27. The Morgan fingerprint density at radius 3 is 2.88 bits per heavy atom. The highest BCUT2D eigenvalue weighted by atomic mass is 16.4. The lowest BCUT2D eigenvalue weighted by Crippen LogP contribution is -2.38. The lowest BCUT2D eigenvalue weighted by Gasteiger charge is -2.33. The molecule has 16 heavy (non-hydrogen) atoms. The van der Waals surface area contributed by atoms with Crippen LogP contribution in [0.1, 0.15) is 26.2 Å². The van der Waals surface area contributed by atoms with E-state index in [4.69, 9.17) is 4.42 Å². The number of rotatable bonds is 3. The van der Waals surface area contributed by atoms with Crippen molar-refractivity contribution in [2.75, 3.05) is 25.0 Å². The zero-order valence-electron chi connectivity index (χ0n) is 10.2. The molecule has 5 heteroatoms. The second-order valence-corrected chi connectivity index (χ2v) is 4.70. The van der Waals surface area contributed by atoms with E-state index < -0.39 is 0 Å². The number of hydrogen-bond donors (Lipinski definition) is 1. The molecule has 1 aliphatic heterocycles. The van der Waals surface area contributed by atoms with Crippen LogP contribution in [0, 0.1) is 11.8 Å². The lowest BCUT2D eigenvalue weighted by molar-refractivity contribution is 0.311. The third-order valence-corrected chi connectivity index (χ3v) is 3.39. The maximum atomic E-state index is 5.59. The van der Waals surface area contributed by atoms with Crippen molar-refractivity contribution in [3.63, 3.8) is 0 Å². The number of anilines is 1. The van der Waals surface area contributed by atoms with Gasteiger partial charge in [-0.3, -0.25) is 0 Å². The summed E-state index contributed by atoms with van der Waals surface area (Å²) in [6, 6.07) is 0.670. The van der Waals surface area contributed by atoms with Gasteiger partial charge in [0.25, 0.3) is 0 Å². The van der Waals surface area contributed by atoms with Crippen molar-refractivity contribution in [1.29, 1.82) is 0 Å². The largest absolute Gasteiger partial charge is 0.407 e. The minimum Gasteiger partial charge on any atom is -0.407 e. The van der Waals surface area contributed by atoms with Crippen molar-refractivity contribution in [2.45, 2.75) is 26.8 Å². The number of hydrogen-bond acceptors (Lipinski definition) is 5. The van der Waals surface area contributed by atoms with E-state index in [1.165, 1.54) is 6.42 Å². The molecule has 1 N–H and O–H groups in total. The van der Waals surface area contributed by atoms with E-state index in [0.29, 0.717) is 24.4 Å². The first-order valence-electron chi connectivity index (χ1n) is 5.92. The van der Waals surface area contributed by atoms with Crippen LogP contribution in [0.25, 0.3) is 0 Å². The van der Waals surface area contributed by atoms with Gasteiger partial charge in [-0.25, -0.2) is 0 Å². The second-order valence-electron chi connectivity index (χ2n) is 4.70. The zero-order valence-corrected chi connectivity index (χ0v) is 10.2. The minimum atomic E-state index is 0.632. The van der Waals surface area contributed by atoms with E-state index in [9.17, 15) is 0 Å². The molecule has 1 aliphatic rings. The monoisotopic (exact) mass is 224 g/mol. The van der Waals surface area contributed by atoms with Crippen LogP contribution in [0.5, 0.6) is 0 Å². The fourth-order valence-corrected chi connectivity index (χ4v) is 2.03. The summed E-state index contributed by atoms with van der Waals surface area (Å²) in [5.74, 6) is 2.13. The molecule has 5 nitrogen and oxygen atoms in total. The van der Waals surface area contributed by atoms with Crippen molar-refractivity contribution in [2.24, 2.45) is 11.8 Å². The molecule has 2 heterocycles. The van der Waals surface area contributed by atoms with Gasteiger partial charge in [-0.1, -0.05) is 18.9 Å². The Morgan fingerprint density at radius 2 is 2.19 bits per heavy atom. The Labute approximate surface area is 96.2 Å². The Kier molecular flexibility index (Phi) is 3.43. The average molecular weight is 224 g/mol. The molecule has 1 aromatic rings. The highest BCUT2D eigenvalue weighted by Gasteiger charge is 2.25. The van der Waals surface area contributed by atoms with E-state index in [2.05, 4.69) is 34.3 Å². The molecular formula is C11H20N4O. The number of piperidine rings is 1. The van der Waals surface area contributed by atoms with Crippen LogP contribution in [0.2, 0.25) is 0 Å². The van der Waals surface area contributed by atoms with Gasteiger partial charge in [0.2, 0.25) is 5.89 Å². The van der Waals surface area contributed by atoms with E-state index in [-0.39, 0.29) is 0 Å². The van der Waals surface area contributed by atoms with Crippen LogP contribution >= 0.6 is 0 Å². The SMILES string of the molecule is CNCc1nnc(N2CCC(C)C(C)C2)o1. The van der Waals surface area contributed by atoms with E-state index in [1.807, 2.05) is 7.05 Å². The van der Waals surface area contributed by atoms with Gasteiger partial charge in [-0.05, 0) is 25.3 Å². The van der Waals surface area contributed by atoms with Crippen LogP contribution in [-0.2, 0) is 6.54 Å². The van der Waals surface area contributed by atoms with Gasteiger partial charge in [-0.2, -0.15) is 0 Å². The smallest absolute Gasteiger partial charge is 0.318 e. The third kappa shape index (κ3) is 2.35. The number of nitrogens with one attached hydrogen (secondary N) is 1. The van der Waals surface area contributed by atoms with Crippen molar-refractivity contribution in [3.05, 3.63) is 5.89 Å². The first-order chi connectivity index (χ1) is 7.70. The molecule has 0 bridgehead atoms. The van der Waals surface area contributed by atoms with Crippen molar-refractivity contribution in [3.8, 4) is 0 Å². The average Bonchev–Trinajstić information content (AvgIpc) is 2.71. The molecule has 2 atom stereocenters. The standard InChI is InChI=1S/C11H20N4O/c1-8-4-5-15(7-9(8)2)11-14-13-10(16-11)6-12-3/h8-9,12H,4-7H2,1-3H3. The normalized spacial score (nSPS) is 26.1. The van der Waals surface area contributed by atoms with Crippen LogP contribution < -0.4 is 10.2 Å². The molecule has 2 rings (SSSR count). The first kappa shape index (κ1) is 11.4. The van der Waals surface area contributed by atoms with E-state index >= 15 is 0 Å². The molecule has 0 saturated carbocycles. The third-order valence-electron chi connectivity index (χ3n) is 3.39. The zero-order chi connectivity index (χ0) is 11.5. The molecule has 0 amide bonds. The summed E-state index contributed by atoms with van der Waals surface area (Å²) >= 11 is 0. The molecule has 1 saturated heterocycles. The maximum absolute atomic E-state index is 5.59. The summed E-state index contributed by atoms with van der Waals surface area (Å²) in [7, 11) is 1.87. The van der Waals surface area contributed by atoms with Crippen LogP contribution in [0.15, 0.2) is 4.42 Å². The predicted molar refractivity (Wildman–Crippen MR) is 62.2 cm³/mol. The van der Waals surface area contributed by atoms with Crippen LogP contribution in [-0.4, -0.2) is 30.3 Å². The molecule has 0 aliphatic carbocycles. The molecule has 0 aromatic carbocycles. The van der Waals surface area contributed by atoms with Crippen molar-refractivity contribution >= 4 is 6.01 Å². The van der Waals surface area contributed by atoms with Crippen LogP contribution in [0.4, 0.5) is 6.01 Å². The molecule has 2 unspecified atom stereocenters. The molecule has 90 valence electrons. The topological polar surface area (TPSA) is 54.2 Å². The van der Waals surface area contributed by atoms with Gasteiger partial charge in [-0.15, -0.1) is 5.10 Å².